The number of benzene rings is 2. The molecule has 0 saturated carbocycles. The monoisotopic (exact) mass is 243 g/mol. The molecule has 92 valence electrons. The molecule has 0 saturated heterocycles. The van der Waals surface area contributed by atoms with Gasteiger partial charge in [0, 0.05) is 24.9 Å². The molecule has 2 aromatic carbocycles. The van der Waals surface area contributed by atoms with E-state index < -0.39 is 0 Å². The molecule has 0 aliphatic heterocycles. The van der Waals surface area contributed by atoms with Crippen molar-refractivity contribution in [1.29, 1.82) is 0 Å². The van der Waals surface area contributed by atoms with Gasteiger partial charge in [-0.25, -0.2) is 0 Å². The lowest BCUT2D eigenvalue weighted by Crippen LogP contribution is -2.06. The molecule has 0 heterocycles. The number of carbonyl (C=O) groups excluding carboxylic acids is 2. The van der Waals surface area contributed by atoms with Gasteiger partial charge in [-0.1, -0.05) is 18.2 Å². The average molecular weight is 243 g/mol. The smallest absolute Gasteiger partial charge is 0.308 e. The van der Waals surface area contributed by atoms with E-state index in [1.54, 1.807) is 18.2 Å². The molecule has 2 rings (SSSR count). The molecule has 0 atom stereocenters. The van der Waals surface area contributed by atoms with E-state index >= 15 is 0 Å². The quantitative estimate of drug-likeness (QED) is 0.651. The third-order valence-electron chi connectivity index (χ3n) is 2.43. The first kappa shape index (κ1) is 12.1. The van der Waals surface area contributed by atoms with E-state index in [2.05, 4.69) is 5.32 Å². The zero-order valence-corrected chi connectivity index (χ0v) is 10.2. The Morgan fingerprint density at radius 1 is 1.11 bits per heavy atom. The summed E-state index contributed by atoms with van der Waals surface area (Å²) < 4.78 is 5.03. The molecule has 0 aromatic heterocycles. The van der Waals surface area contributed by atoms with Crippen molar-refractivity contribution in [3.8, 4) is 5.75 Å². The number of amides is 1. The number of anilines is 1. The van der Waals surface area contributed by atoms with E-state index in [-0.39, 0.29) is 11.9 Å². The Kier molecular flexibility index (Phi) is 3.28. The van der Waals surface area contributed by atoms with Crippen LogP contribution in [-0.4, -0.2) is 11.9 Å². The lowest BCUT2D eigenvalue weighted by atomic mass is 10.1. The lowest BCUT2D eigenvalue weighted by molar-refractivity contribution is -0.131. The molecule has 4 heteroatoms. The van der Waals surface area contributed by atoms with Crippen molar-refractivity contribution in [2.75, 3.05) is 5.32 Å². The van der Waals surface area contributed by atoms with Gasteiger partial charge in [-0.2, -0.15) is 0 Å². The third kappa shape index (κ3) is 2.66. The second kappa shape index (κ2) is 4.87. The summed E-state index contributed by atoms with van der Waals surface area (Å²) in [5.41, 5.74) is 0.703. The molecule has 18 heavy (non-hydrogen) atoms. The maximum Gasteiger partial charge on any atom is 0.308 e. The number of nitrogens with one attached hydrogen (secondary N) is 1. The van der Waals surface area contributed by atoms with Crippen LogP contribution in [-0.2, 0) is 9.59 Å². The van der Waals surface area contributed by atoms with Gasteiger partial charge in [0.1, 0.15) is 5.75 Å². The number of fused-ring (bicyclic) bond motifs is 1. The highest BCUT2D eigenvalue weighted by Crippen LogP contribution is 2.27. The van der Waals surface area contributed by atoms with Crippen LogP contribution in [0.25, 0.3) is 10.8 Å². The fourth-order valence-corrected chi connectivity index (χ4v) is 1.78. The second-order valence-corrected chi connectivity index (χ2v) is 3.96. The molecule has 2 aromatic rings. The summed E-state index contributed by atoms with van der Waals surface area (Å²) in [6, 6.07) is 10.9. The number of hydrogen-bond acceptors (Lipinski definition) is 3. The Labute approximate surface area is 105 Å². The van der Waals surface area contributed by atoms with E-state index in [1.807, 2.05) is 18.2 Å². The van der Waals surface area contributed by atoms with Gasteiger partial charge in [0.15, 0.2) is 0 Å². The molecule has 4 nitrogen and oxygen atoms in total. The minimum Gasteiger partial charge on any atom is -0.427 e. The molecule has 1 N–H and O–H groups in total. The van der Waals surface area contributed by atoms with Crippen LogP contribution in [0.15, 0.2) is 36.4 Å². The van der Waals surface area contributed by atoms with E-state index in [1.165, 1.54) is 13.8 Å². The van der Waals surface area contributed by atoms with Gasteiger partial charge in [0.2, 0.25) is 5.91 Å². The summed E-state index contributed by atoms with van der Waals surface area (Å²) in [7, 11) is 0. The topological polar surface area (TPSA) is 55.4 Å². The van der Waals surface area contributed by atoms with Crippen molar-refractivity contribution in [2.45, 2.75) is 13.8 Å². The minimum absolute atomic E-state index is 0.139. The van der Waals surface area contributed by atoms with Crippen LogP contribution in [0.4, 0.5) is 5.69 Å². The van der Waals surface area contributed by atoms with Crippen LogP contribution in [0.5, 0.6) is 5.75 Å². The molecular formula is C14H13NO3. The Hall–Kier alpha value is -2.36. The van der Waals surface area contributed by atoms with Crippen LogP contribution in [0.1, 0.15) is 13.8 Å². The predicted octanol–water partition coefficient (Wildman–Crippen LogP) is 2.72. The number of rotatable bonds is 2. The number of ether oxygens (including phenoxy) is 1. The fourth-order valence-electron chi connectivity index (χ4n) is 1.78. The van der Waals surface area contributed by atoms with Gasteiger partial charge in [-0.3, -0.25) is 9.59 Å². The zero-order valence-electron chi connectivity index (χ0n) is 10.2. The summed E-state index contributed by atoms with van der Waals surface area (Å²) in [6.45, 7) is 2.80. The molecule has 0 aliphatic carbocycles. The van der Waals surface area contributed by atoms with E-state index in [9.17, 15) is 9.59 Å². The normalized spacial score (nSPS) is 10.1. The molecule has 0 fully saturated rings. The first-order chi connectivity index (χ1) is 8.56. The molecule has 0 unspecified atom stereocenters. The Morgan fingerprint density at radius 2 is 1.89 bits per heavy atom. The van der Waals surface area contributed by atoms with Gasteiger partial charge in [-0.05, 0) is 23.6 Å². The Morgan fingerprint density at radius 3 is 2.56 bits per heavy atom. The van der Waals surface area contributed by atoms with E-state index in [0.29, 0.717) is 11.4 Å². The summed E-state index contributed by atoms with van der Waals surface area (Å²) in [5.74, 6) is -0.0421. The van der Waals surface area contributed by atoms with E-state index in [0.717, 1.165) is 10.8 Å². The highest BCUT2D eigenvalue weighted by molar-refractivity contribution is 6.02. The van der Waals surface area contributed by atoms with Crippen LogP contribution in [0, 0.1) is 0 Å². The first-order valence-corrected chi connectivity index (χ1v) is 5.55. The van der Waals surface area contributed by atoms with Gasteiger partial charge in [0.05, 0.1) is 0 Å². The largest absolute Gasteiger partial charge is 0.427 e. The van der Waals surface area contributed by atoms with Crippen LogP contribution < -0.4 is 10.1 Å². The number of hydrogen-bond donors (Lipinski definition) is 1. The number of esters is 1. The Bertz CT molecular complexity index is 619. The van der Waals surface area contributed by atoms with Crippen LogP contribution in [0.2, 0.25) is 0 Å². The van der Waals surface area contributed by atoms with Crippen molar-refractivity contribution in [2.24, 2.45) is 0 Å². The lowest BCUT2D eigenvalue weighted by Gasteiger charge is -2.08. The van der Waals surface area contributed by atoms with Gasteiger partial charge in [-0.15, -0.1) is 0 Å². The van der Waals surface area contributed by atoms with Crippen LogP contribution in [0.3, 0.4) is 0 Å². The fraction of sp³-hybridized carbons (Fsp3) is 0.143. The zero-order chi connectivity index (χ0) is 13.1. The molecular weight excluding hydrogens is 230 g/mol. The van der Waals surface area contributed by atoms with Crippen molar-refractivity contribution in [3.05, 3.63) is 36.4 Å². The average Bonchev–Trinajstić information content (AvgIpc) is 2.28. The first-order valence-electron chi connectivity index (χ1n) is 5.55. The van der Waals surface area contributed by atoms with Crippen molar-refractivity contribution < 1.29 is 14.3 Å². The summed E-state index contributed by atoms with van der Waals surface area (Å²) in [4.78, 5) is 22.0. The molecule has 1 amide bonds. The maximum atomic E-state index is 11.1. The maximum absolute atomic E-state index is 11.1. The van der Waals surface area contributed by atoms with Crippen molar-refractivity contribution in [3.63, 3.8) is 0 Å². The van der Waals surface area contributed by atoms with Crippen LogP contribution >= 0.6 is 0 Å². The highest BCUT2D eigenvalue weighted by atomic mass is 16.5. The summed E-state index contributed by atoms with van der Waals surface area (Å²) in [6.07, 6.45) is 0. The second-order valence-electron chi connectivity index (χ2n) is 3.96. The summed E-state index contributed by atoms with van der Waals surface area (Å²) in [5, 5.41) is 4.56. The number of carbonyl (C=O) groups is 2. The van der Waals surface area contributed by atoms with E-state index in [4.69, 9.17) is 4.74 Å². The van der Waals surface area contributed by atoms with Gasteiger partial charge >= 0.3 is 5.97 Å². The SMILES string of the molecule is CC(=O)Nc1cccc2ccc(OC(C)=O)cc12. The van der Waals surface area contributed by atoms with Gasteiger partial charge < -0.3 is 10.1 Å². The van der Waals surface area contributed by atoms with Gasteiger partial charge in [0.25, 0.3) is 0 Å². The summed E-state index contributed by atoms with van der Waals surface area (Å²) >= 11 is 0. The highest BCUT2D eigenvalue weighted by Gasteiger charge is 2.05. The molecule has 0 bridgehead atoms. The standard InChI is InChI=1S/C14H13NO3/c1-9(16)15-14-5-3-4-11-6-7-12(8-13(11)14)18-10(2)17/h3-8H,1-2H3,(H,15,16). The molecule has 0 radical (unpaired) electrons. The molecule has 0 spiro atoms. The van der Waals surface area contributed by atoms with Crippen molar-refractivity contribution >= 4 is 28.3 Å². The Balaban J connectivity index is 2.51. The minimum atomic E-state index is -0.369. The molecule has 0 aliphatic rings. The third-order valence-corrected chi connectivity index (χ3v) is 2.43. The van der Waals surface area contributed by atoms with Crippen molar-refractivity contribution in [1.82, 2.24) is 0 Å². The predicted molar refractivity (Wildman–Crippen MR) is 69.6 cm³/mol.